The first-order valence-corrected chi connectivity index (χ1v) is 9.65. The Labute approximate surface area is 154 Å². The number of benzene rings is 1. The molecule has 1 saturated heterocycles. The Balaban J connectivity index is 1.53. The van der Waals surface area contributed by atoms with Crippen molar-refractivity contribution in [3.05, 3.63) is 34.6 Å². The minimum atomic E-state index is -0.353. The van der Waals surface area contributed by atoms with E-state index in [9.17, 15) is 9.18 Å². The molecular weight excluding hydrogens is 341 g/mol. The molecule has 1 saturated carbocycles. The summed E-state index contributed by atoms with van der Waals surface area (Å²) in [5.41, 5.74) is 0.400. The fourth-order valence-corrected chi connectivity index (χ4v) is 3.68. The number of rotatable bonds is 7. The summed E-state index contributed by atoms with van der Waals surface area (Å²) in [6.45, 7) is 5.41. The first-order valence-electron chi connectivity index (χ1n) is 9.27. The van der Waals surface area contributed by atoms with E-state index in [2.05, 4.69) is 17.1 Å². The summed E-state index contributed by atoms with van der Waals surface area (Å²) in [7, 11) is 0. The van der Waals surface area contributed by atoms with Gasteiger partial charge in [-0.25, -0.2) is 9.18 Å². The highest BCUT2D eigenvalue weighted by Crippen LogP contribution is 2.30. The zero-order valence-corrected chi connectivity index (χ0v) is 15.6. The Morgan fingerprint density at radius 3 is 2.76 bits per heavy atom. The monoisotopic (exact) mass is 367 g/mol. The molecule has 6 heteroatoms. The van der Waals surface area contributed by atoms with Crippen LogP contribution in [0, 0.1) is 5.82 Å². The van der Waals surface area contributed by atoms with Gasteiger partial charge in [0.15, 0.2) is 0 Å². The number of urea groups is 1. The Morgan fingerprint density at radius 1 is 1.40 bits per heavy atom. The van der Waals surface area contributed by atoms with Crippen LogP contribution in [0.25, 0.3) is 0 Å². The van der Waals surface area contributed by atoms with Crippen molar-refractivity contribution in [3.8, 4) is 0 Å². The van der Waals surface area contributed by atoms with Gasteiger partial charge in [-0.15, -0.1) is 0 Å². The number of amides is 2. The number of halogens is 2. The first kappa shape index (κ1) is 18.5. The summed E-state index contributed by atoms with van der Waals surface area (Å²) in [6, 6.07) is 5.21. The van der Waals surface area contributed by atoms with Crippen LogP contribution in [0.2, 0.25) is 5.02 Å². The fraction of sp³-hybridized carbons (Fsp3) is 0.632. The van der Waals surface area contributed by atoms with Crippen LogP contribution in [0.15, 0.2) is 18.2 Å². The Hall–Kier alpha value is -1.33. The predicted octanol–water partition coefficient (Wildman–Crippen LogP) is 4.03. The number of nitrogens with zero attached hydrogens (tertiary/aromatic N) is 2. The summed E-state index contributed by atoms with van der Waals surface area (Å²) >= 11 is 6.12. The van der Waals surface area contributed by atoms with E-state index in [1.807, 2.05) is 0 Å². The topological polar surface area (TPSA) is 35.6 Å². The first-order chi connectivity index (χ1) is 12.1. The van der Waals surface area contributed by atoms with Gasteiger partial charge in [0.1, 0.15) is 5.82 Å². The molecule has 25 heavy (non-hydrogen) atoms. The number of carbonyl (C=O) groups is 1. The van der Waals surface area contributed by atoms with Gasteiger partial charge in [-0.3, -0.25) is 0 Å². The fourth-order valence-electron chi connectivity index (χ4n) is 3.46. The highest BCUT2D eigenvalue weighted by atomic mass is 35.5. The van der Waals surface area contributed by atoms with E-state index >= 15 is 0 Å². The molecule has 1 N–H and O–H groups in total. The van der Waals surface area contributed by atoms with Crippen LogP contribution in [0.5, 0.6) is 0 Å². The second kappa shape index (κ2) is 8.37. The van der Waals surface area contributed by atoms with Gasteiger partial charge in [0.2, 0.25) is 0 Å². The van der Waals surface area contributed by atoms with Crippen LogP contribution < -0.4 is 5.32 Å². The molecule has 2 amide bonds. The highest BCUT2D eigenvalue weighted by Gasteiger charge is 2.33. The van der Waals surface area contributed by atoms with E-state index in [0.717, 1.165) is 32.4 Å². The van der Waals surface area contributed by atoms with Crippen molar-refractivity contribution < 1.29 is 9.18 Å². The summed E-state index contributed by atoms with van der Waals surface area (Å²) < 4.78 is 14.0. The zero-order chi connectivity index (χ0) is 17.8. The molecule has 1 aliphatic carbocycles. The maximum atomic E-state index is 14.0. The van der Waals surface area contributed by atoms with Crippen LogP contribution in [0.4, 0.5) is 9.18 Å². The normalized spacial score (nSPS) is 19.0. The lowest BCUT2D eigenvalue weighted by Crippen LogP contribution is -2.43. The van der Waals surface area contributed by atoms with Crippen molar-refractivity contribution in [2.24, 2.45) is 0 Å². The second-order valence-corrected chi connectivity index (χ2v) is 7.58. The predicted molar refractivity (Wildman–Crippen MR) is 98.3 cm³/mol. The smallest absolute Gasteiger partial charge is 0.317 e. The van der Waals surface area contributed by atoms with Gasteiger partial charge in [-0.05, 0) is 64.3 Å². The minimum absolute atomic E-state index is 0.115. The van der Waals surface area contributed by atoms with Crippen molar-refractivity contribution in [1.29, 1.82) is 0 Å². The quantitative estimate of drug-likeness (QED) is 0.789. The van der Waals surface area contributed by atoms with Gasteiger partial charge in [-0.1, -0.05) is 17.7 Å². The summed E-state index contributed by atoms with van der Waals surface area (Å²) in [5, 5.41) is 3.39. The molecule has 1 aromatic carbocycles. The van der Waals surface area contributed by atoms with Crippen LogP contribution in [0.3, 0.4) is 0 Å². The van der Waals surface area contributed by atoms with E-state index in [0.29, 0.717) is 23.2 Å². The molecular formula is C19H27ClFN3O. The SMILES string of the molecule is CC(CCNC(=O)N(Cc1c(F)cccc1Cl)C1CC1)N1CCCC1. The number of hydrogen-bond donors (Lipinski definition) is 1. The van der Waals surface area contributed by atoms with E-state index in [-0.39, 0.29) is 24.4 Å². The molecule has 1 atom stereocenters. The molecule has 2 aliphatic rings. The van der Waals surface area contributed by atoms with Gasteiger partial charge < -0.3 is 15.1 Å². The molecule has 3 rings (SSSR count). The third-order valence-electron chi connectivity index (χ3n) is 5.24. The van der Waals surface area contributed by atoms with Crippen LogP contribution in [-0.2, 0) is 6.54 Å². The molecule has 1 aromatic rings. The van der Waals surface area contributed by atoms with Crippen molar-refractivity contribution in [2.45, 2.75) is 57.7 Å². The van der Waals surface area contributed by atoms with E-state index < -0.39 is 0 Å². The highest BCUT2D eigenvalue weighted by molar-refractivity contribution is 6.31. The summed E-state index contributed by atoms with van der Waals surface area (Å²) in [4.78, 5) is 16.8. The Bertz CT molecular complexity index is 582. The summed E-state index contributed by atoms with van der Waals surface area (Å²) in [5.74, 6) is -0.353. The summed E-state index contributed by atoms with van der Waals surface area (Å²) in [6.07, 6.45) is 5.43. The van der Waals surface area contributed by atoms with Crippen LogP contribution in [-0.4, -0.2) is 47.5 Å². The molecule has 2 fully saturated rings. The lowest BCUT2D eigenvalue weighted by atomic mass is 10.2. The van der Waals surface area contributed by atoms with Crippen LogP contribution in [0.1, 0.15) is 44.6 Å². The molecule has 0 bridgehead atoms. The average Bonchev–Trinajstić information content (AvgIpc) is 3.26. The molecule has 1 unspecified atom stereocenters. The molecule has 138 valence electrons. The van der Waals surface area contributed by atoms with Crippen molar-refractivity contribution in [1.82, 2.24) is 15.1 Å². The lowest BCUT2D eigenvalue weighted by molar-refractivity contribution is 0.188. The van der Waals surface area contributed by atoms with Gasteiger partial charge in [-0.2, -0.15) is 0 Å². The molecule has 4 nitrogen and oxygen atoms in total. The van der Waals surface area contributed by atoms with Gasteiger partial charge >= 0.3 is 6.03 Å². The molecule has 0 spiro atoms. The zero-order valence-electron chi connectivity index (χ0n) is 14.8. The molecule has 0 aromatic heterocycles. The van der Waals surface area contributed by atoms with E-state index in [1.54, 1.807) is 17.0 Å². The van der Waals surface area contributed by atoms with Crippen molar-refractivity contribution in [3.63, 3.8) is 0 Å². The molecule has 0 radical (unpaired) electrons. The Morgan fingerprint density at radius 2 is 2.12 bits per heavy atom. The number of likely N-dealkylation sites (tertiary alicyclic amines) is 1. The molecule has 1 aliphatic heterocycles. The number of carbonyl (C=O) groups excluding carboxylic acids is 1. The molecule has 1 heterocycles. The average molecular weight is 368 g/mol. The largest absolute Gasteiger partial charge is 0.338 e. The van der Waals surface area contributed by atoms with Crippen LogP contribution >= 0.6 is 11.6 Å². The van der Waals surface area contributed by atoms with E-state index in [4.69, 9.17) is 11.6 Å². The van der Waals surface area contributed by atoms with Crippen molar-refractivity contribution >= 4 is 17.6 Å². The lowest BCUT2D eigenvalue weighted by Gasteiger charge is -2.26. The van der Waals surface area contributed by atoms with E-state index in [1.165, 1.54) is 18.9 Å². The van der Waals surface area contributed by atoms with Gasteiger partial charge in [0.05, 0.1) is 6.54 Å². The maximum Gasteiger partial charge on any atom is 0.317 e. The van der Waals surface area contributed by atoms with Gasteiger partial charge in [0.25, 0.3) is 0 Å². The second-order valence-electron chi connectivity index (χ2n) is 7.17. The van der Waals surface area contributed by atoms with Gasteiger partial charge in [0, 0.05) is 29.2 Å². The Kier molecular flexibility index (Phi) is 6.18. The van der Waals surface area contributed by atoms with Crippen molar-refractivity contribution in [2.75, 3.05) is 19.6 Å². The third kappa shape index (κ3) is 4.85. The number of hydrogen-bond acceptors (Lipinski definition) is 2. The number of nitrogens with one attached hydrogen (secondary N) is 1. The third-order valence-corrected chi connectivity index (χ3v) is 5.60. The maximum absolute atomic E-state index is 14.0. The minimum Gasteiger partial charge on any atom is -0.338 e. The standard InChI is InChI=1S/C19H27ClFN3O/c1-14(23-11-2-3-12-23)9-10-22-19(25)24(15-7-8-15)13-16-17(20)5-4-6-18(16)21/h4-6,14-15H,2-3,7-13H2,1H3,(H,22,25).